The average molecular weight is 320 g/mol. The van der Waals surface area contributed by atoms with Crippen molar-refractivity contribution in [1.29, 1.82) is 0 Å². The predicted molar refractivity (Wildman–Crippen MR) is 94.9 cm³/mol. The van der Waals surface area contributed by atoms with Crippen LogP contribution in [0.2, 0.25) is 0 Å². The van der Waals surface area contributed by atoms with E-state index in [4.69, 9.17) is 0 Å². The lowest BCUT2D eigenvalue weighted by Crippen LogP contribution is -2.44. The van der Waals surface area contributed by atoms with Crippen molar-refractivity contribution in [2.45, 2.75) is 24.9 Å². The summed E-state index contributed by atoms with van der Waals surface area (Å²) < 4.78 is 0. The molecule has 3 aromatic rings. The first kappa shape index (κ1) is 15.1. The zero-order valence-corrected chi connectivity index (χ0v) is 13.4. The van der Waals surface area contributed by atoms with Gasteiger partial charge >= 0.3 is 0 Å². The Morgan fingerprint density at radius 3 is 2.79 bits per heavy atom. The van der Waals surface area contributed by atoms with Crippen LogP contribution in [0.1, 0.15) is 23.1 Å². The number of hydrogen-bond donors (Lipinski definition) is 3. The van der Waals surface area contributed by atoms with E-state index in [0.29, 0.717) is 12.1 Å². The fourth-order valence-electron chi connectivity index (χ4n) is 3.68. The number of nitrogens with one attached hydrogen (secondary N) is 2. The number of aromatic amines is 1. The Kier molecular flexibility index (Phi) is 3.71. The molecule has 0 amide bonds. The number of rotatable bonds is 4. The molecule has 0 bridgehead atoms. The van der Waals surface area contributed by atoms with Crippen LogP contribution in [0.3, 0.4) is 0 Å². The van der Waals surface area contributed by atoms with E-state index in [1.54, 1.807) is 0 Å². The number of aromatic nitrogens is 1. The van der Waals surface area contributed by atoms with Crippen LogP contribution in [0.5, 0.6) is 0 Å². The normalized spacial score (nSPS) is 19.5. The van der Waals surface area contributed by atoms with Crippen LogP contribution in [0.4, 0.5) is 0 Å². The molecule has 2 aromatic carbocycles. The van der Waals surface area contributed by atoms with Gasteiger partial charge in [-0.3, -0.25) is 4.79 Å². The number of aliphatic hydroxyl groups is 1. The van der Waals surface area contributed by atoms with Crippen LogP contribution in [-0.2, 0) is 18.5 Å². The van der Waals surface area contributed by atoms with Crippen molar-refractivity contribution in [3.63, 3.8) is 0 Å². The third-order valence-corrected chi connectivity index (χ3v) is 5.07. The largest absolute Gasteiger partial charge is 0.394 e. The molecule has 1 unspecified atom stereocenters. The van der Waals surface area contributed by atoms with Crippen molar-refractivity contribution in [1.82, 2.24) is 10.3 Å². The molecule has 4 nitrogen and oxygen atoms in total. The predicted octanol–water partition coefficient (Wildman–Crippen LogP) is 2.45. The second-order valence-corrected chi connectivity index (χ2v) is 6.46. The molecule has 1 heterocycles. The van der Waals surface area contributed by atoms with Gasteiger partial charge in [-0.15, -0.1) is 0 Å². The van der Waals surface area contributed by atoms with Gasteiger partial charge in [-0.05, 0) is 41.5 Å². The quantitative estimate of drug-likeness (QED) is 0.692. The van der Waals surface area contributed by atoms with Crippen molar-refractivity contribution in [3.8, 4) is 0 Å². The number of pyridine rings is 1. The van der Waals surface area contributed by atoms with E-state index in [1.165, 1.54) is 5.56 Å². The average Bonchev–Trinajstić information content (AvgIpc) is 2.99. The van der Waals surface area contributed by atoms with Crippen LogP contribution in [0.25, 0.3) is 10.9 Å². The highest BCUT2D eigenvalue weighted by molar-refractivity contribution is 5.78. The highest BCUT2D eigenvalue weighted by Crippen LogP contribution is 2.36. The molecule has 0 fully saturated rings. The second kappa shape index (κ2) is 5.89. The van der Waals surface area contributed by atoms with Crippen molar-refractivity contribution in [3.05, 3.63) is 81.6 Å². The molecule has 1 atom stereocenters. The van der Waals surface area contributed by atoms with E-state index >= 15 is 0 Å². The summed E-state index contributed by atoms with van der Waals surface area (Å²) in [5.74, 6) is 0. The number of hydrogen-bond acceptors (Lipinski definition) is 3. The van der Waals surface area contributed by atoms with Crippen molar-refractivity contribution in [2.75, 3.05) is 6.61 Å². The monoisotopic (exact) mass is 320 g/mol. The third-order valence-electron chi connectivity index (χ3n) is 5.07. The van der Waals surface area contributed by atoms with Crippen LogP contribution in [-0.4, -0.2) is 16.7 Å². The molecule has 0 aliphatic heterocycles. The van der Waals surface area contributed by atoms with Gasteiger partial charge in [0.05, 0.1) is 12.1 Å². The van der Waals surface area contributed by atoms with Gasteiger partial charge in [0.1, 0.15) is 0 Å². The molecular weight excluding hydrogens is 300 g/mol. The van der Waals surface area contributed by atoms with Gasteiger partial charge in [0, 0.05) is 17.6 Å². The van der Waals surface area contributed by atoms with E-state index in [9.17, 15) is 9.90 Å². The summed E-state index contributed by atoms with van der Waals surface area (Å²) in [5, 5.41) is 14.5. The summed E-state index contributed by atoms with van der Waals surface area (Å²) in [6.07, 6.45) is 1.78. The molecule has 1 aliphatic rings. The van der Waals surface area contributed by atoms with E-state index < -0.39 is 5.54 Å². The Bertz CT molecular complexity index is 948. The summed E-state index contributed by atoms with van der Waals surface area (Å²) in [4.78, 5) is 15.2. The van der Waals surface area contributed by atoms with Crippen LogP contribution >= 0.6 is 0 Å². The van der Waals surface area contributed by atoms with Crippen molar-refractivity contribution < 1.29 is 5.11 Å². The van der Waals surface area contributed by atoms with Crippen molar-refractivity contribution >= 4 is 10.9 Å². The van der Waals surface area contributed by atoms with E-state index in [2.05, 4.69) is 22.4 Å². The lowest BCUT2D eigenvalue weighted by molar-refractivity contribution is 0.158. The third kappa shape index (κ3) is 2.44. The Morgan fingerprint density at radius 1 is 1.12 bits per heavy atom. The summed E-state index contributed by atoms with van der Waals surface area (Å²) in [5.41, 5.74) is 3.39. The molecule has 1 aromatic heterocycles. The summed E-state index contributed by atoms with van der Waals surface area (Å²) >= 11 is 0. The number of fused-ring (bicyclic) bond motifs is 2. The first-order valence-electron chi connectivity index (χ1n) is 8.27. The standard InChI is InChI=1S/C20H20N2O2/c23-13-20(10-9-14-5-1-3-7-17(14)20)21-12-16-11-15-6-2-4-8-18(15)22-19(16)24/h1-8,11,21,23H,9-10,12-13H2,(H,22,24). The van der Waals surface area contributed by atoms with E-state index in [1.807, 2.05) is 42.5 Å². The van der Waals surface area contributed by atoms with E-state index in [0.717, 1.165) is 29.3 Å². The van der Waals surface area contributed by atoms with E-state index in [-0.39, 0.29) is 12.2 Å². The number of para-hydroxylation sites is 1. The Hall–Kier alpha value is -2.43. The molecule has 3 N–H and O–H groups in total. The summed E-state index contributed by atoms with van der Waals surface area (Å²) in [7, 11) is 0. The Labute approximate surface area is 140 Å². The number of benzene rings is 2. The summed E-state index contributed by atoms with van der Waals surface area (Å²) in [6.45, 7) is 0.449. The fourth-order valence-corrected chi connectivity index (χ4v) is 3.68. The lowest BCUT2D eigenvalue weighted by atomic mass is 9.92. The number of aliphatic hydroxyl groups excluding tert-OH is 1. The van der Waals surface area contributed by atoms with Gasteiger partial charge in [0.2, 0.25) is 0 Å². The van der Waals surface area contributed by atoms with Gasteiger partial charge in [-0.1, -0.05) is 42.5 Å². The van der Waals surface area contributed by atoms with Crippen LogP contribution in [0, 0.1) is 0 Å². The number of aryl methyl sites for hydroxylation is 1. The van der Waals surface area contributed by atoms with Gasteiger partial charge in [-0.25, -0.2) is 0 Å². The lowest BCUT2D eigenvalue weighted by Gasteiger charge is -2.29. The molecule has 24 heavy (non-hydrogen) atoms. The Balaban J connectivity index is 1.65. The minimum Gasteiger partial charge on any atom is -0.394 e. The number of H-pyrrole nitrogens is 1. The maximum Gasteiger partial charge on any atom is 0.252 e. The minimum absolute atomic E-state index is 0.0233. The van der Waals surface area contributed by atoms with Crippen LogP contribution in [0.15, 0.2) is 59.4 Å². The van der Waals surface area contributed by atoms with Gasteiger partial charge in [-0.2, -0.15) is 0 Å². The molecule has 122 valence electrons. The molecular formula is C20H20N2O2. The first-order valence-corrected chi connectivity index (χ1v) is 8.27. The highest BCUT2D eigenvalue weighted by Gasteiger charge is 2.37. The SMILES string of the molecule is O=c1[nH]c2ccccc2cc1CNC1(CO)CCc2ccccc21. The first-order chi connectivity index (χ1) is 11.7. The molecule has 1 aliphatic carbocycles. The molecule has 0 radical (unpaired) electrons. The van der Waals surface area contributed by atoms with Crippen LogP contribution < -0.4 is 10.9 Å². The Morgan fingerprint density at radius 2 is 1.92 bits per heavy atom. The second-order valence-electron chi connectivity index (χ2n) is 6.46. The van der Waals surface area contributed by atoms with Gasteiger partial charge in [0.25, 0.3) is 5.56 Å². The summed E-state index contributed by atoms with van der Waals surface area (Å²) in [6, 6.07) is 17.9. The minimum atomic E-state index is -0.464. The molecule has 4 rings (SSSR count). The molecule has 4 heteroatoms. The maximum absolute atomic E-state index is 12.3. The zero-order chi connectivity index (χ0) is 16.6. The highest BCUT2D eigenvalue weighted by atomic mass is 16.3. The molecule has 0 spiro atoms. The molecule has 0 saturated heterocycles. The fraction of sp³-hybridized carbons (Fsp3) is 0.250. The topological polar surface area (TPSA) is 65.1 Å². The molecule has 0 saturated carbocycles. The smallest absolute Gasteiger partial charge is 0.252 e. The van der Waals surface area contributed by atoms with Crippen molar-refractivity contribution in [2.24, 2.45) is 0 Å². The van der Waals surface area contributed by atoms with Gasteiger partial charge < -0.3 is 15.4 Å². The zero-order valence-electron chi connectivity index (χ0n) is 13.4. The van der Waals surface area contributed by atoms with Gasteiger partial charge in [0.15, 0.2) is 0 Å². The maximum atomic E-state index is 12.3.